The molecule has 1 aliphatic heterocycles. The van der Waals surface area contributed by atoms with Gasteiger partial charge < -0.3 is 9.84 Å². The third kappa shape index (κ3) is 3.13. The Morgan fingerprint density at radius 1 is 1.57 bits per heavy atom. The Hall–Kier alpha value is -0.960. The molecule has 1 saturated heterocycles. The summed E-state index contributed by atoms with van der Waals surface area (Å²) in [5.74, 6) is -1.10. The zero-order valence-corrected chi connectivity index (χ0v) is 13.8. The van der Waals surface area contributed by atoms with Crippen LogP contribution in [0.2, 0.25) is 0 Å². The molecule has 0 bridgehead atoms. The minimum Gasteiger partial charge on any atom is -0.477 e. The molecule has 0 spiro atoms. The second-order valence-corrected chi connectivity index (χ2v) is 8.33. The van der Waals surface area contributed by atoms with Crippen LogP contribution in [0.15, 0.2) is 10.3 Å². The predicted octanol–water partition coefficient (Wildman–Crippen LogP) is 1.94. The zero-order chi connectivity index (χ0) is 15.8. The van der Waals surface area contributed by atoms with Crippen molar-refractivity contribution in [1.29, 1.82) is 0 Å². The number of rotatable bonds is 4. The fraction of sp³-hybridized carbons (Fsp3) is 0.615. The van der Waals surface area contributed by atoms with Crippen LogP contribution in [0.25, 0.3) is 0 Å². The lowest BCUT2D eigenvalue weighted by atomic mass is 10.2. The van der Waals surface area contributed by atoms with E-state index in [-0.39, 0.29) is 21.2 Å². The van der Waals surface area contributed by atoms with E-state index in [1.807, 2.05) is 13.8 Å². The smallest absolute Gasteiger partial charge is 0.346 e. The van der Waals surface area contributed by atoms with Crippen LogP contribution in [0.1, 0.15) is 35.5 Å². The highest BCUT2D eigenvalue weighted by Gasteiger charge is 2.37. The Bertz CT molecular complexity index is 637. The fourth-order valence-electron chi connectivity index (χ4n) is 2.34. The third-order valence-corrected chi connectivity index (χ3v) is 7.13. The number of carboxylic acids is 1. The molecule has 1 fully saturated rings. The van der Waals surface area contributed by atoms with E-state index in [2.05, 4.69) is 0 Å². The topological polar surface area (TPSA) is 83.9 Å². The van der Waals surface area contributed by atoms with Gasteiger partial charge in [-0.1, -0.05) is 6.92 Å². The van der Waals surface area contributed by atoms with Gasteiger partial charge >= 0.3 is 5.97 Å². The molecule has 2 unspecified atom stereocenters. The first-order chi connectivity index (χ1) is 9.77. The first-order valence-corrected chi connectivity index (χ1v) is 9.00. The van der Waals surface area contributed by atoms with Gasteiger partial charge in [0, 0.05) is 12.6 Å². The quantitative estimate of drug-likeness (QED) is 0.910. The van der Waals surface area contributed by atoms with E-state index in [9.17, 15) is 13.2 Å². The summed E-state index contributed by atoms with van der Waals surface area (Å²) in [6.07, 6.45) is 0.491. The highest BCUT2D eigenvalue weighted by atomic mass is 32.2. The van der Waals surface area contributed by atoms with Crippen LogP contribution in [0.4, 0.5) is 0 Å². The van der Waals surface area contributed by atoms with Gasteiger partial charge in [-0.05, 0) is 31.9 Å². The van der Waals surface area contributed by atoms with Crippen molar-refractivity contribution in [3.8, 4) is 0 Å². The molecule has 0 radical (unpaired) electrons. The van der Waals surface area contributed by atoms with E-state index in [0.29, 0.717) is 25.1 Å². The molecule has 0 aromatic carbocycles. The Balaban J connectivity index is 2.40. The minimum absolute atomic E-state index is 0.0722. The van der Waals surface area contributed by atoms with Crippen LogP contribution in [0.5, 0.6) is 0 Å². The van der Waals surface area contributed by atoms with Crippen LogP contribution in [0, 0.1) is 6.92 Å². The normalized spacial score (nSPS) is 24.1. The fourth-order valence-corrected chi connectivity index (χ4v) is 5.61. The summed E-state index contributed by atoms with van der Waals surface area (Å²) in [6, 6.07) is 1.23. The molecule has 6 nitrogen and oxygen atoms in total. The Morgan fingerprint density at radius 2 is 2.24 bits per heavy atom. The van der Waals surface area contributed by atoms with Gasteiger partial charge in [0.15, 0.2) is 0 Å². The van der Waals surface area contributed by atoms with Gasteiger partial charge in [-0.3, -0.25) is 0 Å². The Labute approximate surface area is 128 Å². The highest BCUT2D eigenvalue weighted by Crippen LogP contribution is 2.31. The van der Waals surface area contributed by atoms with Gasteiger partial charge in [-0.2, -0.15) is 4.31 Å². The third-order valence-electron chi connectivity index (χ3n) is 3.54. The van der Waals surface area contributed by atoms with E-state index in [1.54, 1.807) is 6.92 Å². The van der Waals surface area contributed by atoms with Crippen LogP contribution in [-0.4, -0.2) is 49.1 Å². The standard InChI is InChI=1S/C13H19NO5S2/c1-4-10-7-19-9(3)6-14(10)21(17,18)11-5-8(2)12(20-11)13(15)16/h5,9-10H,4,6-7H2,1-3H3,(H,15,16). The number of nitrogens with zero attached hydrogens (tertiary/aromatic N) is 1. The van der Waals surface area contributed by atoms with E-state index >= 15 is 0 Å². The van der Waals surface area contributed by atoms with Crippen molar-refractivity contribution in [2.24, 2.45) is 0 Å². The van der Waals surface area contributed by atoms with E-state index in [0.717, 1.165) is 11.3 Å². The summed E-state index contributed by atoms with van der Waals surface area (Å²) in [7, 11) is -3.68. The van der Waals surface area contributed by atoms with Crippen LogP contribution >= 0.6 is 11.3 Å². The largest absolute Gasteiger partial charge is 0.477 e. The van der Waals surface area contributed by atoms with E-state index in [1.165, 1.54) is 10.4 Å². The molecule has 1 aromatic heterocycles. The average molecular weight is 333 g/mol. The summed E-state index contributed by atoms with van der Waals surface area (Å²) < 4.78 is 32.6. The van der Waals surface area contributed by atoms with Gasteiger partial charge in [-0.25, -0.2) is 13.2 Å². The van der Waals surface area contributed by atoms with Gasteiger partial charge in [0.05, 0.1) is 12.7 Å². The first-order valence-electron chi connectivity index (χ1n) is 6.74. The van der Waals surface area contributed by atoms with Gasteiger partial charge in [0.25, 0.3) is 10.0 Å². The summed E-state index contributed by atoms with van der Waals surface area (Å²) in [5.41, 5.74) is 0.473. The molecule has 0 amide bonds. The van der Waals surface area contributed by atoms with Crippen molar-refractivity contribution in [3.05, 3.63) is 16.5 Å². The van der Waals surface area contributed by atoms with Crippen molar-refractivity contribution in [1.82, 2.24) is 4.31 Å². The molecule has 1 aromatic rings. The molecule has 2 heterocycles. The van der Waals surface area contributed by atoms with Crippen molar-refractivity contribution in [3.63, 3.8) is 0 Å². The molecular formula is C13H19NO5S2. The molecule has 21 heavy (non-hydrogen) atoms. The SMILES string of the molecule is CCC1COC(C)CN1S(=O)(=O)c1cc(C)c(C(=O)O)s1. The van der Waals surface area contributed by atoms with E-state index in [4.69, 9.17) is 9.84 Å². The number of hydrogen-bond acceptors (Lipinski definition) is 5. The Morgan fingerprint density at radius 3 is 2.76 bits per heavy atom. The lowest BCUT2D eigenvalue weighted by Crippen LogP contribution is -2.50. The predicted molar refractivity (Wildman–Crippen MR) is 79.4 cm³/mol. The molecular weight excluding hydrogens is 314 g/mol. The summed E-state index contributed by atoms with van der Waals surface area (Å²) in [5, 5.41) is 9.08. The number of aromatic carboxylic acids is 1. The molecule has 2 rings (SSSR count). The number of sulfonamides is 1. The van der Waals surface area contributed by atoms with E-state index < -0.39 is 16.0 Å². The second kappa shape index (κ2) is 6.04. The van der Waals surface area contributed by atoms with Crippen molar-refractivity contribution in [2.45, 2.75) is 43.5 Å². The molecule has 8 heteroatoms. The maximum Gasteiger partial charge on any atom is 0.346 e. The van der Waals surface area contributed by atoms with Crippen LogP contribution in [0.3, 0.4) is 0 Å². The number of hydrogen-bond donors (Lipinski definition) is 1. The van der Waals surface area contributed by atoms with Crippen LogP contribution in [-0.2, 0) is 14.8 Å². The second-order valence-electron chi connectivity index (χ2n) is 5.16. The molecule has 1 N–H and O–H groups in total. The molecule has 1 aliphatic rings. The average Bonchev–Trinajstić information content (AvgIpc) is 2.81. The molecule has 0 aliphatic carbocycles. The van der Waals surface area contributed by atoms with Crippen molar-refractivity contribution >= 4 is 27.3 Å². The van der Waals surface area contributed by atoms with Crippen molar-refractivity contribution in [2.75, 3.05) is 13.2 Å². The van der Waals surface area contributed by atoms with Gasteiger partial charge in [-0.15, -0.1) is 11.3 Å². The Kier molecular flexibility index (Phi) is 4.72. The zero-order valence-electron chi connectivity index (χ0n) is 12.2. The summed E-state index contributed by atoms with van der Waals surface area (Å²) >= 11 is 0.812. The maximum atomic E-state index is 12.8. The number of morpholine rings is 1. The number of ether oxygens (including phenoxy) is 1. The van der Waals surface area contributed by atoms with Gasteiger partial charge in [0.2, 0.25) is 0 Å². The number of thiophene rings is 1. The molecule has 0 saturated carbocycles. The van der Waals surface area contributed by atoms with Crippen molar-refractivity contribution < 1.29 is 23.1 Å². The lowest BCUT2D eigenvalue weighted by molar-refractivity contribution is -0.0229. The summed E-state index contributed by atoms with van der Waals surface area (Å²) in [6.45, 7) is 6.01. The lowest BCUT2D eigenvalue weighted by Gasteiger charge is -2.36. The monoisotopic (exact) mass is 333 g/mol. The van der Waals surface area contributed by atoms with Gasteiger partial charge in [0.1, 0.15) is 9.09 Å². The minimum atomic E-state index is -3.68. The maximum absolute atomic E-state index is 12.8. The first kappa shape index (κ1) is 16.4. The number of carbonyl (C=O) groups is 1. The van der Waals surface area contributed by atoms with Crippen LogP contribution < -0.4 is 0 Å². The number of carboxylic acid groups (broad SMARTS) is 1. The molecule has 2 atom stereocenters. The highest BCUT2D eigenvalue weighted by molar-refractivity contribution is 7.91. The molecule has 118 valence electrons. The summed E-state index contributed by atoms with van der Waals surface area (Å²) in [4.78, 5) is 11.2. The number of aryl methyl sites for hydroxylation is 1.